The standard InChI is InChI=1S/C6H6N3O2S/c1-11-9-4(2-10)5-3-12-6(7)8-5/h3H,1H3,(H2,7,8). The molecule has 0 saturated carbocycles. The second-order valence-corrected chi connectivity index (χ2v) is 2.69. The Balaban J connectivity index is 2.94. The van der Waals surface area contributed by atoms with E-state index < -0.39 is 0 Å². The molecule has 0 aliphatic heterocycles. The molecule has 0 aliphatic carbocycles. The fourth-order valence-electron chi connectivity index (χ4n) is 0.605. The third-order valence-electron chi connectivity index (χ3n) is 1.04. The number of oxime groups is 1. The molecule has 0 fully saturated rings. The topological polar surface area (TPSA) is 77.6 Å². The van der Waals surface area contributed by atoms with Gasteiger partial charge in [-0.25, -0.2) is 4.98 Å². The lowest BCUT2D eigenvalue weighted by molar-refractivity contribution is 0.214. The van der Waals surface area contributed by atoms with Crippen molar-refractivity contribution in [3.8, 4) is 0 Å². The Kier molecular flexibility index (Phi) is 2.76. The number of carbonyl (C=O) groups excluding carboxylic acids is 1. The molecule has 0 atom stereocenters. The van der Waals surface area contributed by atoms with Gasteiger partial charge in [0.1, 0.15) is 12.8 Å². The molecule has 0 saturated heterocycles. The molecule has 1 aromatic heterocycles. The largest absolute Gasteiger partial charge is 0.398 e. The molecule has 0 unspecified atom stereocenters. The van der Waals surface area contributed by atoms with E-state index in [1.165, 1.54) is 18.4 Å². The molecule has 6 heteroatoms. The average Bonchev–Trinajstić information content (AvgIpc) is 2.47. The van der Waals surface area contributed by atoms with E-state index in [0.29, 0.717) is 10.8 Å². The third kappa shape index (κ3) is 1.79. The molecule has 1 heterocycles. The number of anilines is 1. The van der Waals surface area contributed by atoms with Crippen LogP contribution in [0.3, 0.4) is 0 Å². The van der Waals surface area contributed by atoms with Gasteiger partial charge in [-0.1, -0.05) is 5.16 Å². The van der Waals surface area contributed by atoms with Crippen LogP contribution in [0.25, 0.3) is 0 Å². The van der Waals surface area contributed by atoms with E-state index in [2.05, 4.69) is 15.0 Å². The zero-order chi connectivity index (χ0) is 8.97. The van der Waals surface area contributed by atoms with Gasteiger partial charge < -0.3 is 10.6 Å². The molecule has 0 bridgehead atoms. The number of nitrogens with zero attached hydrogens (tertiary/aromatic N) is 2. The van der Waals surface area contributed by atoms with Gasteiger partial charge in [0, 0.05) is 5.38 Å². The van der Waals surface area contributed by atoms with Crippen molar-refractivity contribution in [1.82, 2.24) is 4.98 Å². The third-order valence-corrected chi connectivity index (χ3v) is 1.72. The van der Waals surface area contributed by atoms with Gasteiger partial charge in [0.25, 0.3) is 6.29 Å². The number of nitrogen functional groups attached to an aromatic ring is 1. The van der Waals surface area contributed by atoms with Gasteiger partial charge in [0.05, 0.1) is 0 Å². The molecule has 1 radical (unpaired) electrons. The van der Waals surface area contributed by atoms with E-state index >= 15 is 0 Å². The van der Waals surface area contributed by atoms with Crippen LogP contribution in [0.4, 0.5) is 5.13 Å². The van der Waals surface area contributed by atoms with Crippen LogP contribution < -0.4 is 5.73 Å². The lowest BCUT2D eigenvalue weighted by atomic mass is 10.3. The van der Waals surface area contributed by atoms with E-state index in [1.54, 1.807) is 11.7 Å². The summed E-state index contributed by atoms with van der Waals surface area (Å²) in [4.78, 5) is 18.5. The first-order valence-electron chi connectivity index (χ1n) is 2.98. The molecule has 0 spiro atoms. The van der Waals surface area contributed by atoms with Crippen molar-refractivity contribution >= 4 is 28.5 Å². The molecule has 12 heavy (non-hydrogen) atoms. The maximum atomic E-state index is 10.3. The van der Waals surface area contributed by atoms with Gasteiger partial charge in [-0.3, -0.25) is 4.79 Å². The predicted molar refractivity (Wildman–Crippen MR) is 45.8 cm³/mol. The number of rotatable bonds is 3. The molecule has 0 amide bonds. The molecule has 1 rings (SSSR count). The Hall–Kier alpha value is -1.43. The first-order chi connectivity index (χ1) is 5.77. The van der Waals surface area contributed by atoms with Crippen molar-refractivity contribution < 1.29 is 9.63 Å². The van der Waals surface area contributed by atoms with Crippen molar-refractivity contribution in [3.63, 3.8) is 0 Å². The Labute approximate surface area is 72.9 Å². The van der Waals surface area contributed by atoms with Crippen LogP contribution in [-0.4, -0.2) is 24.1 Å². The summed E-state index contributed by atoms with van der Waals surface area (Å²) in [6, 6.07) is 0. The molecular weight excluding hydrogens is 178 g/mol. The lowest BCUT2D eigenvalue weighted by Crippen LogP contribution is -2.03. The number of thiazole rings is 1. The first kappa shape index (κ1) is 8.66. The van der Waals surface area contributed by atoms with Gasteiger partial charge in [-0.05, 0) is 0 Å². The summed E-state index contributed by atoms with van der Waals surface area (Å²) in [6.45, 7) is 0. The quantitative estimate of drug-likeness (QED) is 0.537. The highest BCUT2D eigenvalue weighted by atomic mass is 32.1. The Morgan fingerprint density at radius 1 is 1.92 bits per heavy atom. The average molecular weight is 184 g/mol. The lowest BCUT2D eigenvalue weighted by Gasteiger charge is -1.89. The summed E-state index contributed by atoms with van der Waals surface area (Å²) in [6.07, 6.45) is 1.60. The van der Waals surface area contributed by atoms with Crippen molar-refractivity contribution in [2.45, 2.75) is 0 Å². The molecule has 0 aliphatic rings. The summed E-state index contributed by atoms with van der Waals surface area (Å²) >= 11 is 1.23. The van der Waals surface area contributed by atoms with E-state index in [-0.39, 0.29) is 5.71 Å². The van der Waals surface area contributed by atoms with Gasteiger partial charge in [0.15, 0.2) is 10.8 Å². The molecule has 1 aromatic rings. The minimum absolute atomic E-state index is 0.0189. The van der Waals surface area contributed by atoms with Crippen LogP contribution in [0.5, 0.6) is 0 Å². The summed E-state index contributed by atoms with van der Waals surface area (Å²) in [5, 5.41) is 5.40. The minimum Gasteiger partial charge on any atom is -0.398 e. The molecule has 2 N–H and O–H groups in total. The Morgan fingerprint density at radius 3 is 3.08 bits per heavy atom. The Morgan fingerprint density at radius 2 is 2.67 bits per heavy atom. The fourth-order valence-corrected chi connectivity index (χ4v) is 1.15. The highest BCUT2D eigenvalue weighted by molar-refractivity contribution is 7.13. The molecule has 0 aromatic carbocycles. The molecule has 5 nitrogen and oxygen atoms in total. The number of hydrogen-bond donors (Lipinski definition) is 1. The summed E-state index contributed by atoms with van der Waals surface area (Å²) in [7, 11) is 1.34. The van der Waals surface area contributed by atoms with Gasteiger partial charge >= 0.3 is 0 Å². The number of aromatic nitrogens is 1. The van der Waals surface area contributed by atoms with Gasteiger partial charge in [-0.2, -0.15) is 0 Å². The minimum atomic E-state index is 0.0189. The zero-order valence-electron chi connectivity index (χ0n) is 6.27. The van der Waals surface area contributed by atoms with Gasteiger partial charge in [-0.15, -0.1) is 11.3 Å². The van der Waals surface area contributed by atoms with E-state index in [4.69, 9.17) is 5.73 Å². The van der Waals surface area contributed by atoms with E-state index in [1.807, 2.05) is 0 Å². The van der Waals surface area contributed by atoms with E-state index in [0.717, 1.165) is 0 Å². The predicted octanol–water partition coefficient (Wildman–Crippen LogP) is 0.186. The van der Waals surface area contributed by atoms with Crippen LogP contribution in [0.1, 0.15) is 5.69 Å². The number of nitrogens with two attached hydrogens (primary N) is 1. The highest BCUT2D eigenvalue weighted by Crippen LogP contribution is 2.11. The summed E-state index contributed by atoms with van der Waals surface area (Å²) in [5.41, 5.74) is 5.75. The highest BCUT2D eigenvalue weighted by Gasteiger charge is 2.07. The van der Waals surface area contributed by atoms with Crippen LogP contribution in [0, 0.1) is 0 Å². The van der Waals surface area contributed by atoms with Crippen LogP contribution in [0.15, 0.2) is 10.5 Å². The summed E-state index contributed by atoms with van der Waals surface area (Å²) in [5.74, 6) is 0. The zero-order valence-corrected chi connectivity index (χ0v) is 7.09. The second kappa shape index (κ2) is 3.82. The van der Waals surface area contributed by atoms with Crippen LogP contribution in [0.2, 0.25) is 0 Å². The molecule has 63 valence electrons. The van der Waals surface area contributed by atoms with Crippen molar-refractivity contribution in [1.29, 1.82) is 0 Å². The number of hydrogen-bond acceptors (Lipinski definition) is 6. The van der Waals surface area contributed by atoms with Crippen LogP contribution >= 0.6 is 11.3 Å². The SMILES string of the molecule is CON=C([C]=O)c1csc(N)n1. The first-order valence-corrected chi connectivity index (χ1v) is 3.86. The monoisotopic (exact) mass is 184 g/mol. The van der Waals surface area contributed by atoms with Crippen LogP contribution in [-0.2, 0) is 9.63 Å². The Bertz CT molecular complexity index is 307. The van der Waals surface area contributed by atoms with Crippen molar-refractivity contribution in [3.05, 3.63) is 11.1 Å². The smallest absolute Gasteiger partial charge is 0.259 e. The summed E-state index contributed by atoms with van der Waals surface area (Å²) < 4.78 is 0. The van der Waals surface area contributed by atoms with Crippen molar-refractivity contribution in [2.75, 3.05) is 12.8 Å². The van der Waals surface area contributed by atoms with Crippen molar-refractivity contribution in [2.24, 2.45) is 5.16 Å². The van der Waals surface area contributed by atoms with E-state index in [9.17, 15) is 4.79 Å². The fraction of sp³-hybridized carbons (Fsp3) is 0.167. The molecular formula is C6H6N3O2S. The normalized spacial score (nSPS) is 11.2. The maximum Gasteiger partial charge on any atom is 0.259 e. The maximum absolute atomic E-state index is 10.3. The van der Waals surface area contributed by atoms with Gasteiger partial charge in [0.2, 0.25) is 0 Å². The second-order valence-electron chi connectivity index (χ2n) is 1.80.